The summed E-state index contributed by atoms with van der Waals surface area (Å²) in [5.74, 6) is 1.78. The number of hydrogen-bond donors (Lipinski definition) is 0. The lowest BCUT2D eigenvalue weighted by Gasteiger charge is -2.16. The summed E-state index contributed by atoms with van der Waals surface area (Å²) in [6.07, 6.45) is 0. The highest BCUT2D eigenvalue weighted by Crippen LogP contribution is 2.26. The number of benzene rings is 1. The molecule has 0 bridgehead atoms. The Hall–Kier alpha value is -2.04. The van der Waals surface area contributed by atoms with Crippen molar-refractivity contribution >= 4 is 22.6 Å². The zero-order chi connectivity index (χ0) is 16.6. The van der Waals surface area contributed by atoms with Gasteiger partial charge in [-0.05, 0) is 56.3 Å². The van der Waals surface area contributed by atoms with Crippen LogP contribution in [0.4, 0.5) is 0 Å². The Labute approximate surface area is 139 Å². The number of fused-ring (bicyclic) bond motifs is 1. The van der Waals surface area contributed by atoms with Gasteiger partial charge in [0.15, 0.2) is 0 Å². The van der Waals surface area contributed by atoms with E-state index in [4.69, 9.17) is 20.4 Å². The first-order valence-corrected chi connectivity index (χ1v) is 7.77. The lowest BCUT2D eigenvalue weighted by Crippen LogP contribution is -2.18. The minimum absolute atomic E-state index is 0.350. The normalized spacial score (nSPS) is 11.5. The van der Waals surface area contributed by atoms with Gasteiger partial charge in [-0.25, -0.2) is 4.79 Å². The minimum atomic E-state index is -0.350. The molecule has 4 nitrogen and oxygen atoms in total. The summed E-state index contributed by atoms with van der Waals surface area (Å²) in [6, 6.07) is 9.09. The van der Waals surface area contributed by atoms with Crippen LogP contribution in [0, 0.1) is 13.8 Å². The van der Waals surface area contributed by atoms with Gasteiger partial charge in [0.1, 0.15) is 17.1 Å². The van der Waals surface area contributed by atoms with Crippen molar-refractivity contribution in [2.45, 2.75) is 26.9 Å². The predicted octanol–water partition coefficient (Wildman–Crippen LogP) is 4.29. The molecule has 0 aliphatic heterocycles. The molecule has 0 saturated heterocycles. The van der Waals surface area contributed by atoms with E-state index >= 15 is 0 Å². The van der Waals surface area contributed by atoms with Crippen LogP contribution in [0.1, 0.15) is 22.6 Å². The second-order valence-electron chi connectivity index (χ2n) is 5.87. The number of aryl methyl sites for hydroxylation is 2. The van der Waals surface area contributed by atoms with Crippen LogP contribution in [0.15, 0.2) is 44.0 Å². The zero-order valence-corrected chi connectivity index (χ0v) is 14.1. The molecule has 2 heterocycles. The standard InChI is InChI=1S/C18H18ClNO3/c1-11-6-17-15(8-16(11)19)13(7-18(21)23-17)9-20(3)10-14-5-4-12(2)22-14/h4-8H,9-10H2,1-3H3. The van der Waals surface area contributed by atoms with Crippen molar-refractivity contribution in [2.75, 3.05) is 7.05 Å². The van der Waals surface area contributed by atoms with E-state index in [0.29, 0.717) is 23.7 Å². The van der Waals surface area contributed by atoms with Crippen molar-refractivity contribution < 1.29 is 8.83 Å². The van der Waals surface area contributed by atoms with Crippen molar-refractivity contribution in [1.82, 2.24) is 4.90 Å². The lowest BCUT2D eigenvalue weighted by atomic mass is 10.1. The summed E-state index contributed by atoms with van der Waals surface area (Å²) < 4.78 is 10.9. The van der Waals surface area contributed by atoms with E-state index in [9.17, 15) is 4.79 Å². The number of halogens is 1. The Bertz CT molecular complexity index is 910. The number of furan rings is 1. The third kappa shape index (κ3) is 3.49. The smallest absolute Gasteiger partial charge is 0.336 e. The van der Waals surface area contributed by atoms with Crippen LogP contribution in [0.3, 0.4) is 0 Å². The molecule has 3 rings (SSSR count). The van der Waals surface area contributed by atoms with E-state index in [1.54, 1.807) is 6.07 Å². The first-order chi connectivity index (χ1) is 10.9. The number of rotatable bonds is 4. The highest BCUT2D eigenvalue weighted by Gasteiger charge is 2.11. The first kappa shape index (κ1) is 15.8. The Morgan fingerprint density at radius 2 is 1.87 bits per heavy atom. The molecule has 5 heteroatoms. The molecule has 0 atom stereocenters. The fourth-order valence-electron chi connectivity index (χ4n) is 2.66. The Kier molecular flexibility index (Phi) is 4.28. The molecular weight excluding hydrogens is 314 g/mol. The quantitative estimate of drug-likeness (QED) is 0.669. The molecule has 0 saturated carbocycles. The Morgan fingerprint density at radius 1 is 1.09 bits per heavy atom. The maximum Gasteiger partial charge on any atom is 0.336 e. The number of hydrogen-bond acceptors (Lipinski definition) is 4. The van der Waals surface area contributed by atoms with Gasteiger partial charge < -0.3 is 8.83 Å². The van der Waals surface area contributed by atoms with Crippen LogP contribution in [0.5, 0.6) is 0 Å². The summed E-state index contributed by atoms with van der Waals surface area (Å²) in [5, 5.41) is 1.53. The molecule has 0 fully saturated rings. The third-order valence-corrected chi connectivity index (χ3v) is 4.18. The van der Waals surface area contributed by atoms with Gasteiger partial charge in [0.25, 0.3) is 0 Å². The molecule has 0 radical (unpaired) electrons. The van der Waals surface area contributed by atoms with Crippen molar-refractivity contribution in [1.29, 1.82) is 0 Å². The molecule has 0 amide bonds. The van der Waals surface area contributed by atoms with E-state index in [1.165, 1.54) is 6.07 Å². The average molecular weight is 332 g/mol. The molecule has 3 aromatic rings. The Morgan fingerprint density at radius 3 is 2.57 bits per heavy atom. The van der Waals surface area contributed by atoms with E-state index in [-0.39, 0.29) is 5.63 Å². The first-order valence-electron chi connectivity index (χ1n) is 7.39. The van der Waals surface area contributed by atoms with Gasteiger partial charge in [-0.2, -0.15) is 0 Å². The average Bonchev–Trinajstić information content (AvgIpc) is 2.86. The maximum absolute atomic E-state index is 11.8. The van der Waals surface area contributed by atoms with Crippen LogP contribution >= 0.6 is 11.6 Å². The topological polar surface area (TPSA) is 46.6 Å². The summed E-state index contributed by atoms with van der Waals surface area (Å²) in [5.41, 5.74) is 2.00. The van der Waals surface area contributed by atoms with Gasteiger partial charge in [0, 0.05) is 23.0 Å². The summed E-state index contributed by atoms with van der Waals surface area (Å²) in [4.78, 5) is 13.9. The molecular formula is C18H18ClNO3. The second kappa shape index (κ2) is 6.22. The van der Waals surface area contributed by atoms with Crippen LogP contribution < -0.4 is 5.63 Å². The van der Waals surface area contributed by atoms with Gasteiger partial charge in [0.05, 0.1) is 6.54 Å². The molecule has 0 N–H and O–H groups in total. The maximum atomic E-state index is 11.8. The zero-order valence-electron chi connectivity index (χ0n) is 13.4. The molecule has 0 aliphatic rings. The van der Waals surface area contributed by atoms with Crippen molar-refractivity contribution in [3.05, 3.63) is 68.4 Å². The second-order valence-corrected chi connectivity index (χ2v) is 6.28. The number of nitrogens with zero attached hydrogens (tertiary/aromatic N) is 1. The van der Waals surface area contributed by atoms with Crippen molar-refractivity contribution in [2.24, 2.45) is 0 Å². The van der Waals surface area contributed by atoms with E-state index in [1.807, 2.05) is 39.1 Å². The monoisotopic (exact) mass is 331 g/mol. The van der Waals surface area contributed by atoms with Gasteiger partial charge >= 0.3 is 5.63 Å². The highest BCUT2D eigenvalue weighted by molar-refractivity contribution is 6.32. The fraction of sp³-hybridized carbons (Fsp3) is 0.278. The van der Waals surface area contributed by atoms with E-state index in [0.717, 1.165) is 28.0 Å². The molecule has 2 aromatic heterocycles. The van der Waals surface area contributed by atoms with E-state index in [2.05, 4.69) is 4.90 Å². The van der Waals surface area contributed by atoms with Crippen LogP contribution in [0.2, 0.25) is 5.02 Å². The van der Waals surface area contributed by atoms with Crippen LogP contribution in [0.25, 0.3) is 11.0 Å². The predicted molar refractivity (Wildman–Crippen MR) is 90.8 cm³/mol. The van der Waals surface area contributed by atoms with Crippen LogP contribution in [-0.2, 0) is 13.1 Å². The van der Waals surface area contributed by atoms with Gasteiger partial charge in [0.2, 0.25) is 0 Å². The van der Waals surface area contributed by atoms with Gasteiger partial charge in [-0.3, -0.25) is 4.90 Å². The van der Waals surface area contributed by atoms with Crippen molar-refractivity contribution in [3.63, 3.8) is 0 Å². The highest BCUT2D eigenvalue weighted by atomic mass is 35.5. The summed E-state index contributed by atoms with van der Waals surface area (Å²) in [6.45, 7) is 5.07. The SMILES string of the molecule is Cc1ccc(CN(C)Cc2cc(=O)oc3cc(C)c(Cl)cc23)o1. The molecule has 0 aliphatic carbocycles. The third-order valence-electron chi connectivity index (χ3n) is 3.77. The lowest BCUT2D eigenvalue weighted by molar-refractivity contribution is 0.285. The molecule has 120 valence electrons. The fourth-order valence-corrected chi connectivity index (χ4v) is 2.83. The molecule has 23 heavy (non-hydrogen) atoms. The largest absolute Gasteiger partial charge is 0.465 e. The Balaban J connectivity index is 1.92. The molecule has 0 spiro atoms. The summed E-state index contributed by atoms with van der Waals surface area (Å²) in [7, 11) is 1.98. The van der Waals surface area contributed by atoms with Crippen LogP contribution in [-0.4, -0.2) is 11.9 Å². The van der Waals surface area contributed by atoms with E-state index < -0.39 is 0 Å². The van der Waals surface area contributed by atoms with Crippen molar-refractivity contribution in [3.8, 4) is 0 Å². The summed E-state index contributed by atoms with van der Waals surface area (Å²) >= 11 is 6.22. The minimum Gasteiger partial charge on any atom is -0.465 e. The van der Waals surface area contributed by atoms with Gasteiger partial charge in [-0.1, -0.05) is 11.6 Å². The molecule has 0 unspecified atom stereocenters. The van der Waals surface area contributed by atoms with Gasteiger partial charge in [-0.15, -0.1) is 0 Å². The molecule has 1 aromatic carbocycles.